The number of nitrogens with zero attached hydrogens (tertiary/aromatic N) is 4. The first-order valence-electron chi connectivity index (χ1n) is 13.0. The van der Waals surface area contributed by atoms with Crippen LogP contribution in [-0.4, -0.2) is 66.3 Å². The third-order valence-corrected chi connectivity index (χ3v) is 6.81. The van der Waals surface area contributed by atoms with E-state index in [9.17, 15) is 9.59 Å². The number of amides is 2. The lowest BCUT2D eigenvalue weighted by Crippen LogP contribution is -2.26. The fourth-order valence-corrected chi connectivity index (χ4v) is 4.58. The van der Waals surface area contributed by atoms with Gasteiger partial charge in [0.1, 0.15) is 5.82 Å². The average molecular weight is 514 g/mol. The molecule has 1 unspecified atom stereocenters. The zero-order valence-electron chi connectivity index (χ0n) is 23.4. The van der Waals surface area contributed by atoms with Gasteiger partial charge in [-0.2, -0.15) is 0 Å². The highest BCUT2D eigenvalue weighted by Crippen LogP contribution is 2.28. The largest absolute Gasteiger partial charge is 0.373 e. The molecular formula is C31H39N5O2. The van der Waals surface area contributed by atoms with Crippen LogP contribution in [0.3, 0.4) is 0 Å². The maximum absolute atomic E-state index is 12.2. The minimum atomic E-state index is -0.00255. The Labute approximate surface area is 226 Å². The number of anilines is 1. The van der Waals surface area contributed by atoms with Gasteiger partial charge < -0.3 is 15.1 Å². The number of benzene rings is 1. The van der Waals surface area contributed by atoms with E-state index in [1.54, 1.807) is 19.0 Å². The molecule has 1 atom stereocenters. The molecule has 0 spiro atoms. The summed E-state index contributed by atoms with van der Waals surface area (Å²) < 4.78 is 0. The van der Waals surface area contributed by atoms with E-state index in [1.807, 2.05) is 80.7 Å². The lowest BCUT2D eigenvalue weighted by molar-refractivity contribution is -0.117. The predicted octanol–water partition coefficient (Wildman–Crippen LogP) is 5.64. The molecular weight excluding hydrogens is 474 g/mol. The van der Waals surface area contributed by atoms with E-state index in [1.165, 1.54) is 5.56 Å². The maximum atomic E-state index is 12.2. The molecule has 200 valence electrons. The first-order chi connectivity index (χ1) is 18.3. The van der Waals surface area contributed by atoms with Crippen LogP contribution >= 0.6 is 0 Å². The van der Waals surface area contributed by atoms with E-state index < -0.39 is 0 Å². The van der Waals surface area contributed by atoms with E-state index in [2.05, 4.69) is 28.3 Å². The fourth-order valence-electron chi connectivity index (χ4n) is 4.58. The topological polar surface area (TPSA) is 78.4 Å². The second-order valence-corrected chi connectivity index (χ2v) is 9.82. The molecule has 2 aromatic heterocycles. The number of nitrogens with one attached hydrogen (secondary N) is 1. The highest BCUT2D eigenvalue weighted by molar-refractivity contribution is 5.93. The standard InChI is InChI=1S/C31H39N5O2/c1-7-24(25-8-10-26(11-9-25)31(38)35(5)6)15-17-36(21-37)20-22(2)18-29-23(3)33-16-14-28(29)27-12-13-30(32-4)34-19-27/h8-14,16,18-19,21,24H,7,15,17,20H2,1-6H3,(H,32,34)/b22-18+. The van der Waals surface area contributed by atoms with Crippen LogP contribution in [0.2, 0.25) is 0 Å². The van der Waals surface area contributed by atoms with E-state index in [0.717, 1.165) is 53.0 Å². The summed E-state index contributed by atoms with van der Waals surface area (Å²) in [5.74, 6) is 1.13. The summed E-state index contributed by atoms with van der Waals surface area (Å²) in [6.07, 6.45) is 8.54. The van der Waals surface area contributed by atoms with Crippen molar-refractivity contribution in [1.82, 2.24) is 19.8 Å². The van der Waals surface area contributed by atoms with Gasteiger partial charge in [-0.1, -0.05) is 30.7 Å². The van der Waals surface area contributed by atoms with E-state index in [0.29, 0.717) is 24.6 Å². The first kappa shape index (κ1) is 28.6. The quantitative estimate of drug-likeness (QED) is 0.317. The fraction of sp³-hybridized carbons (Fsp3) is 0.355. The summed E-state index contributed by atoms with van der Waals surface area (Å²) in [6, 6.07) is 13.9. The summed E-state index contributed by atoms with van der Waals surface area (Å²) in [6.45, 7) is 7.40. The van der Waals surface area contributed by atoms with Crippen LogP contribution < -0.4 is 5.32 Å². The Morgan fingerprint density at radius 2 is 1.82 bits per heavy atom. The Kier molecular flexibility index (Phi) is 10.2. The Bertz CT molecular complexity index is 1250. The van der Waals surface area contributed by atoms with E-state index >= 15 is 0 Å². The molecule has 0 aliphatic rings. The van der Waals surface area contributed by atoms with E-state index in [4.69, 9.17) is 0 Å². The third kappa shape index (κ3) is 7.28. The second-order valence-electron chi connectivity index (χ2n) is 9.82. The zero-order chi connectivity index (χ0) is 27.7. The molecule has 0 aliphatic heterocycles. The molecule has 3 rings (SSSR count). The molecule has 3 aromatic rings. The molecule has 0 saturated heterocycles. The highest BCUT2D eigenvalue weighted by Gasteiger charge is 2.15. The van der Waals surface area contributed by atoms with Crippen molar-refractivity contribution in [3.8, 4) is 11.1 Å². The molecule has 0 fully saturated rings. The number of hydrogen-bond donors (Lipinski definition) is 1. The Morgan fingerprint density at radius 1 is 1.08 bits per heavy atom. The van der Waals surface area contributed by atoms with Crippen LogP contribution in [0.4, 0.5) is 5.82 Å². The van der Waals surface area contributed by atoms with Crippen molar-refractivity contribution < 1.29 is 9.59 Å². The lowest BCUT2D eigenvalue weighted by Gasteiger charge is -2.22. The normalized spacial score (nSPS) is 12.1. The summed E-state index contributed by atoms with van der Waals surface area (Å²) in [4.78, 5) is 36.5. The number of carbonyl (C=O) groups is 2. The molecule has 2 heterocycles. The molecule has 1 N–H and O–H groups in total. The molecule has 0 radical (unpaired) electrons. The van der Waals surface area contributed by atoms with Gasteiger partial charge in [0.05, 0.1) is 0 Å². The summed E-state index contributed by atoms with van der Waals surface area (Å²) in [5, 5.41) is 3.05. The zero-order valence-corrected chi connectivity index (χ0v) is 23.4. The van der Waals surface area contributed by atoms with Crippen LogP contribution in [0.5, 0.6) is 0 Å². The van der Waals surface area contributed by atoms with Crippen molar-refractivity contribution in [3.05, 3.63) is 82.8 Å². The molecule has 0 bridgehead atoms. The number of pyridine rings is 2. The van der Waals surface area contributed by atoms with Gasteiger partial charge in [-0.25, -0.2) is 4.98 Å². The summed E-state index contributed by atoms with van der Waals surface area (Å²) in [7, 11) is 5.36. The van der Waals surface area contributed by atoms with Crippen molar-refractivity contribution in [2.45, 2.75) is 39.5 Å². The van der Waals surface area contributed by atoms with Gasteiger partial charge in [-0.05, 0) is 74.1 Å². The predicted molar refractivity (Wildman–Crippen MR) is 155 cm³/mol. The summed E-state index contributed by atoms with van der Waals surface area (Å²) in [5.41, 5.74) is 7.00. The molecule has 2 amide bonds. The van der Waals surface area contributed by atoms with Crippen LogP contribution in [0.15, 0.2) is 60.4 Å². The minimum Gasteiger partial charge on any atom is -0.373 e. The smallest absolute Gasteiger partial charge is 0.253 e. The molecule has 0 aliphatic carbocycles. The SMILES string of the molecule is CCC(CCN(C=O)C/C(C)=C/c1c(-c2ccc(NC)nc2)ccnc1C)c1ccc(C(=O)N(C)C)cc1. The van der Waals surface area contributed by atoms with Gasteiger partial charge >= 0.3 is 0 Å². The Hall–Kier alpha value is -4.00. The number of aryl methyl sites for hydroxylation is 1. The molecule has 7 nitrogen and oxygen atoms in total. The Morgan fingerprint density at radius 3 is 2.39 bits per heavy atom. The second kappa shape index (κ2) is 13.5. The van der Waals surface area contributed by atoms with Crippen molar-refractivity contribution in [3.63, 3.8) is 0 Å². The van der Waals surface area contributed by atoms with Crippen molar-refractivity contribution >= 4 is 24.2 Å². The molecule has 1 aromatic carbocycles. The number of carbonyl (C=O) groups excluding carboxylic acids is 2. The Balaban J connectivity index is 1.71. The van der Waals surface area contributed by atoms with Crippen molar-refractivity contribution in [1.29, 1.82) is 0 Å². The lowest BCUT2D eigenvalue weighted by atomic mass is 9.92. The van der Waals surface area contributed by atoms with Crippen molar-refractivity contribution in [2.75, 3.05) is 39.5 Å². The molecule has 0 saturated carbocycles. The van der Waals surface area contributed by atoms with E-state index in [-0.39, 0.29) is 5.91 Å². The highest BCUT2D eigenvalue weighted by atomic mass is 16.2. The van der Waals surface area contributed by atoms with Gasteiger partial charge in [0.2, 0.25) is 6.41 Å². The van der Waals surface area contributed by atoms with Crippen LogP contribution in [0.25, 0.3) is 17.2 Å². The van der Waals surface area contributed by atoms with Gasteiger partial charge in [-0.3, -0.25) is 14.6 Å². The monoisotopic (exact) mass is 513 g/mol. The van der Waals surface area contributed by atoms with Crippen LogP contribution in [-0.2, 0) is 4.79 Å². The van der Waals surface area contributed by atoms with Crippen LogP contribution in [0.1, 0.15) is 59.8 Å². The van der Waals surface area contributed by atoms with Gasteiger partial charge in [-0.15, -0.1) is 0 Å². The van der Waals surface area contributed by atoms with Crippen LogP contribution in [0, 0.1) is 6.92 Å². The van der Waals surface area contributed by atoms with Crippen molar-refractivity contribution in [2.24, 2.45) is 0 Å². The van der Waals surface area contributed by atoms with Gasteiger partial charge in [0.25, 0.3) is 5.91 Å². The number of aromatic nitrogens is 2. The first-order valence-corrected chi connectivity index (χ1v) is 13.0. The third-order valence-electron chi connectivity index (χ3n) is 6.81. The summed E-state index contributed by atoms with van der Waals surface area (Å²) >= 11 is 0. The number of rotatable bonds is 12. The maximum Gasteiger partial charge on any atom is 0.253 e. The van der Waals surface area contributed by atoms with Gasteiger partial charge in [0.15, 0.2) is 0 Å². The average Bonchev–Trinajstić information content (AvgIpc) is 2.93. The number of hydrogen-bond acceptors (Lipinski definition) is 5. The molecule has 38 heavy (non-hydrogen) atoms. The van der Waals surface area contributed by atoms with Gasteiger partial charge in [0, 0.05) is 69.0 Å². The minimum absolute atomic E-state index is 0.00255. The molecule has 7 heteroatoms.